The molecular formula is C11H10Cl3N5S. The van der Waals surface area contributed by atoms with Crippen molar-refractivity contribution in [2.75, 3.05) is 7.05 Å². The Labute approximate surface area is 134 Å². The second-order valence-electron chi connectivity index (χ2n) is 3.68. The lowest BCUT2D eigenvalue weighted by molar-refractivity contribution is 1.04. The molecule has 0 spiro atoms. The monoisotopic (exact) mass is 349 g/mol. The smallest absolute Gasteiger partial charge is 0.170 e. The molecule has 1 aromatic heterocycles. The molecule has 106 valence electrons. The molecule has 0 aliphatic carbocycles. The average Bonchev–Trinajstić information content (AvgIpc) is 2.42. The number of aliphatic imine (C=N–C) groups is 1. The summed E-state index contributed by atoms with van der Waals surface area (Å²) in [5.41, 5.74) is 4.33. The fraction of sp³-hybridized carbons (Fsp3) is 0.182. The maximum absolute atomic E-state index is 6.11. The van der Waals surface area contributed by atoms with Gasteiger partial charge in [-0.15, -0.1) is 0 Å². The molecule has 0 bridgehead atoms. The number of nitrogens with one attached hydrogen (secondary N) is 1. The molecule has 2 rings (SSSR count). The molecule has 9 heteroatoms. The van der Waals surface area contributed by atoms with Crippen molar-refractivity contribution in [2.24, 2.45) is 10.8 Å². The van der Waals surface area contributed by atoms with Gasteiger partial charge < -0.3 is 5.43 Å². The van der Waals surface area contributed by atoms with E-state index in [1.807, 2.05) is 0 Å². The van der Waals surface area contributed by atoms with Gasteiger partial charge in [0.05, 0.1) is 26.8 Å². The van der Waals surface area contributed by atoms with Crippen molar-refractivity contribution >= 4 is 62.8 Å². The quantitative estimate of drug-likeness (QED) is 0.376. The molecule has 20 heavy (non-hydrogen) atoms. The van der Waals surface area contributed by atoms with Gasteiger partial charge in [-0.1, -0.05) is 46.6 Å². The number of fused-ring (bicyclic) bond motifs is 1. The summed E-state index contributed by atoms with van der Waals surface area (Å²) in [7, 11) is 1.64. The molecule has 0 atom stereocenters. The summed E-state index contributed by atoms with van der Waals surface area (Å²) in [6, 6.07) is 3.29. The van der Waals surface area contributed by atoms with Gasteiger partial charge in [0.2, 0.25) is 0 Å². The van der Waals surface area contributed by atoms with Crippen molar-refractivity contribution in [1.82, 2.24) is 15.4 Å². The molecule has 5 nitrogen and oxygen atoms in total. The molecule has 1 heterocycles. The molecule has 3 N–H and O–H groups in total. The Kier molecular flexibility index (Phi) is 5.29. The van der Waals surface area contributed by atoms with Crippen molar-refractivity contribution in [3.05, 3.63) is 33.0 Å². The maximum atomic E-state index is 6.11. The van der Waals surface area contributed by atoms with E-state index in [0.717, 1.165) is 0 Å². The first-order valence-electron chi connectivity index (χ1n) is 5.42. The van der Waals surface area contributed by atoms with E-state index in [4.69, 9.17) is 40.6 Å². The van der Waals surface area contributed by atoms with Crippen LogP contribution in [-0.2, 0) is 5.75 Å². The van der Waals surface area contributed by atoms with Crippen molar-refractivity contribution in [2.45, 2.75) is 5.75 Å². The first-order chi connectivity index (χ1) is 9.55. The molecule has 0 amide bonds. The predicted molar refractivity (Wildman–Crippen MR) is 86.5 cm³/mol. The number of amidine groups is 1. The molecule has 0 fully saturated rings. The topological polar surface area (TPSA) is 76.2 Å². The van der Waals surface area contributed by atoms with Crippen LogP contribution in [0.3, 0.4) is 0 Å². The number of rotatable bonds is 2. The summed E-state index contributed by atoms with van der Waals surface area (Å²) in [5.74, 6) is 5.79. The Morgan fingerprint density at radius 1 is 1.25 bits per heavy atom. The zero-order valence-electron chi connectivity index (χ0n) is 10.3. The average molecular weight is 351 g/mol. The van der Waals surface area contributed by atoms with Crippen LogP contribution in [0.2, 0.25) is 15.2 Å². The lowest BCUT2D eigenvalue weighted by atomic mass is 10.3. The molecule has 0 radical (unpaired) electrons. The normalized spacial score (nSPS) is 11.9. The fourth-order valence-corrected chi connectivity index (χ4v) is 2.75. The van der Waals surface area contributed by atoms with E-state index < -0.39 is 0 Å². The van der Waals surface area contributed by atoms with Gasteiger partial charge in [-0.2, -0.15) is 0 Å². The Bertz CT molecular complexity index is 677. The SMILES string of the molecule is CN=C(NN)SCc1nc2cc(Cl)c(Cl)cc2nc1Cl. The lowest BCUT2D eigenvalue weighted by Crippen LogP contribution is -2.27. The highest BCUT2D eigenvalue weighted by atomic mass is 35.5. The number of hydrogen-bond donors (Lipinski definition) is 2. The summed E-state index contributed by atoms with van der Waals surface area (Å²) in [6.07, 6.45) is 0. The van der Waals surface area contributed by atoms with Crippen LogP contribution < -0.4 is 11.3 Å². The number of halogens is 3. The molecule has 1 aromatic carbocycles. The number of benzene rings is 1. The van der Waals surface area contributed by atoms with Crippen LogP contribution in [-0.4, -0.2) is 22.2 Å². The van der Waals surface area contributed by atoms with Gasteiger partial charge in [-0.05, 0) is 12.1 Å². The Hall–Kier alpha value is -0.790. The summed E-state index contributed by atoms with van der Waals surface area (Å²) in [6.45, 7) is 0. The van der Waals surface area contributed by atoms with Crippen molar-refractivity contribution in [3.63, 3.8) is 0 Å². The Morgan fingerprint density at radius 2 is 1.85 bits per heavy atom. The van der Waals surface area contributed by atoms with Gasteiger partial charge in [-0.3, -0.25) is 4.99 Å². The highest BCUT2D eigenvalue weighted by Crippen LogP contribution is 2.28. The van der Waals surface area contributed by atoms with Gasteiger partial charge in [0, 0.05) is 12.8 Å². The number of thioether (sulfide) groups is 1. The van der Waals surface area contributed by atoms with E-state index in [9.17, 15) is 0 Å². The second kappa shape index (κ2) is 6.78. The number of nitrogens with zero attached hydrogens (tertiary/aromatic N) is 3. The third-order valence-corrected chi connectivity index (χ3v) is 4.42. The van der Waals surface area contributed by atoms with Crippen LogP contribution in [0.1, 0.15) is 5.69 Å². The highest BCUT2D eigenvalue weighted by molar-refractivity contribution is 8.13. The third-order valence-electron chi connectivity index (χ3n) is 2.40. The lowest BCUT2D eigenvalue weighted by Gasteiger charge is -2.07. The molecule has 0 unspecified atom stereocenters. The van der Waals surface area contributed by atoms with E-state index in [0.29, 0.717) is 42.8 Å². The van der Waals surface area contributed by atoms with E-state index >= 15 is 0 Å². The molecular weight excluding hydrogens is 341 g/mol. The van der Waals surface area contributed by atoms with Crippen LogP contribution in [0.5, 0.6) is 0 Å². The Morgan fingerprint density at radius 3 is 2.40 bits per heavy atom. The van der Waals surface area contributed by atoms with Crippen molar-refractivity contribution in [3.8, 4) is 0 Å². The summed E-state index contributed by atoms with van der Waals surface area (Å²) < 4.78 is 0. The first kappa shape index (κ1) is 15.6. The van der Waals surface area contributed by atoms with E-state index in [1.54, 1.807) is 19.2 Å². The number of aromatic nitrogens is 2. The Balaban J connectivity index is 2.35. The van der Waals surface area contributed by atoms with Gasteiger partial charge in [0.25, 0.3) is 0 Å². The first-order valence-corrected chi connectivity index (χ1v) is 7.54. The van der Waals surface area contributed by atoms with E-state index in [-0.39, 0.29) is 0 Å². The number of hydrazine groups is 1. The van der Waals surface area contributed by atoms with Crippen LogP contribution >= 0.6 is 46.6 Å². The minimum Gasteiger partial charge on any atom is -0.303 e. The highest BCUT2D eigenvalue weighted by Gasteiger charge is 2.10. The van der Waals surface area contributed by atoms with Crippen LogP contribution in [0, 0.1) is 0 Å². The second-order valence-corrected chi connectivity index (χ2v) is 5.81. The molecule has 2 aromatic rings. The van der Waals surface area contributed by atoms with Crippen LogP contribution in [0.15, 0.2) is 17.1 Å². The van der Waals surface area contributed by atoms with Gasteiger partial charge in [-0.25, -0.2) is 15.8 Å². The fourth-order valence-electron chi connectivity index (χ4n) is 1.47. The van der Waals surface area contributed by atoms with Gasteiger partial charge >= 0.3 is 0 Å². The van der Waals surface area contributed by atoms with Crippen molar-refractivity contribution in [1.29, 1.82) is 0 Å². The van der Waals surface area contributed by atoms with Crippen LogP contribution in [0.4, 0.5) is 0 Å². The molecule has 0 saturated carbocycles. The third kappa shape index (κ3) is 3.45. The molecule has 0 saturated heterocycles. The van der Waals surface area contributed by atoms with E-state index in [2.05, 4.69) is 20.4 Å². The minimum atomic E-state index is 0.316. The predicted octanol–water partition coefficient (Wildman–Crippen LogP) is 3.27. The maximum Gasteiger partial charge on any atom is 0.170 e. The largest absolute Gasteiger partial charge is 0.303 e. The number of hydrogen-bond acceptors (Lipinski definition) is 5. The molecule has 0 aliphatic heterocycles. The summed E-state index contributed by atoms with van der Waals surface area (Å²) >= 11 is 19.4. The summed E-state index contributed by atoms with van der Waals surface area (Å²) in [5, 5.41) is 1.74. The van der Waals surface area contributed by atoms with Crippen LogP contribution in [0.25, 0.3) is 11.0 Å². The summed E-state index contributed by atoms with van der Waals surface area (Å²) in [4.78, 5) is 12.7. The minimum absolute atomic E-state index is 0.316. The van der Waals surface area contributed by atoms with Crippen molar-refractivity contribution < 1.29 is 0 Å². The standard InChI is InChI=1S/C11H10Cl3N5S/c1-16-11(19-15)20-4-9-10(14)18-8-3-6(13)5(12)2-7(8)17-9/h2-3H,4,15H2,1H3,(H,16,19). The van der Waals surface area contributed by atoms with Gasteiger partial charge in [0.15, 0.2) is 10.3 Å². The zero-order chi connectivity index (χ0) is 14.7. The van der Waals surface area contributed by atoms with Gasteiger partial charge in [0.1, 0.15) is 0 Å². The van der Waals surface area contributed by atoms with E-state index in [1.165, 1.54) is 11.8 Å². The zero-order valence-corrected chi connectivity index (χ0v) is 13.4. The number of nitrogens with two attached hydrogens (primary N) is 1. The molecule has 0 aliphatic rings.